The Morgan fingerprint density at radius 1 is 0.968 bits per heavy atom. The molecule has 0 atom stereocenters. The second-order valence-corrected chi connectivity index (χ2v) is 7.30. The maximum Gasteiger partial charge on any atom is 0.168 e. The number of nitrogens with zero attached hydrogens (tertiary/aromatic N) is 6. The fourth-order valence-electron chi connectivity index (χ4n) is 4.01. The summed E-state index contributed by atoms with van der Waals surface area (Å²) in [6, 6.07) is 15.5. The normalized spacial score (nSPS) is 14.1. The molecule has 31 heavy (non-hydrogen) atoms. The van der Waals surface area contributed by atoms with Crippen LogP contribution >= 0.6 is 0 Å². The minimum atomic E-state index is 0.629. The summed E-state index contributed by atoms with van der Waals surface area (Å²) in [6.07, 6.45) is 3.44. The van der Waals surface area contributed by atoms with Crippen molar-refractivity contribution in [1.82, 2.24) is 19.7 Å². The van der Waals surface area contributed by atoms with Crippen LogP contribution in [0.25, 0.3) is 16.7 Å². The van der Waals surface area contributed by atoms with E-state index in [1.54, 1.807) is 19.5 Å². The Morgan fingerprint density at radius 3 is 2.48 bits per heavy atom. The van der Waals surface area contributed by atoms with E-state index < -0.39 is 0 Å². The maximum absolute atomic E-state index is 9.26. The molecule has 0 amide bonds. The molecule has 0 radical (unpaired) electrons. The molecular formula is C22H23N7O2. The van der Waals surface area contributed by atoms with E-state index in [1.165, 1.54) is 0 Å². The summed E-state index contributed by atoms with van der Waals surface area (Å²) < 4.78 is 7.36. The SMILES string of the molecule is COc1ccc(NO)cc1N1CCN(c2ncnc3c2cnn3-c2ccccc2)CC1. The van der Waals surface area contributed by atoms with Crippen molar-refractivity contribution in [2.75, 3.05) is 48.6 Å². The molecule has 0 saturated carbocycles. The Balaban J connectivity index is 1.40. The van der Waals surface area contributed by atoms with Crippen molar-refractivity contribution in [3.05, 3.63) is 61.1 Å². The molecule has 1 aliphatic rings. The number of aromatic nitrogens is 4. The first-order valence-corrected chi connectivity index (χ1v) is 10.1. The Hall–Kier alpha value is -3.85. The molecule has 1 saturated heterocycles. The molecule has 1 aliphatic heterocycles. The van der Waals surface area contributed by atoms with Gasteiger partial charge in [-0.05, 0) is 30.3 Å². The van der Waals surface area contributed by atoms with Gasteiger partial charge in [0.05, 0.1) is 35.8 Å². The van der Waals surface area contributed by atoms with Crippen LogP contribution in [0.2, 0.25) is 0 Å². The summed E-state index contributed by atoms with van der Waals surface area (Å²) in [5.41, 5.74) is 5.55. The lowest BCUT2D eigenvalue weighted by molar-refractivity contribution is 0.388. The standard InChI is InChI=1S/C22H23N7O2/c1-31-20-8-7-16(26-30)13-19(20)27-9-11-28(12-10-27)21-18-14-25-29(22(18)24-15-23-21)17-5-3-2-4-6-17/h2-8,13-15,26,30H,9-12H2,1H3. The van der Waals surface area contributed by atoms with E-state index >= 15 is 0 Å². The summed E-state index contributed by atoms with van der Waals surface area (Å²) in [7, 11) is 1.66. The first kappa shape index (κ1) is 19.1. The van der Waals surface area contributed by atoms with E-state index in [-0.39, 0.29) is 0 Å². The van der Waals surface area contributed by atoms with E-state index in [4.69, 9.17) is 4.74 Å². The van der Waals surface area contributed by atoms with Crippen molar-refractivity contribution in [3.8, 4) is 11.4 Å². The molecule has 0 unspecified atom stereocenters. The average molecular weight is 417 g/mol. The summed E-state index contributed by atoms with van der Waals surface area (Å²) in [4.78, 5) is 13.6. The average Bonchev–Trinajstić information content (AvgIpc) is 3.29. The number of nitrogens with one attached hydrogen (secondary N) is 1. The summed E-state index contributed by atoms with van der Waals surface area (Å²) in [6.45, 7) is 3.18. The minimum absolute atomic E-state index is 0.629. The quantitative estimate of drug-likeness (QED) is 0.479. The molecule has 2 aromatic heterocycles. The maximum atomic E-state index is 9.26. The van der Waals surface area contributed by atoms with Gasteiger partial charge in [0.25, 0.3) is 0 Å². The molecule has 4 aromatic rings. The number of rotatable bonds is 5. The Kier molecular flexibility index (Phi) is 5.01. The lowest BCUT2D eigenvalue weighted by atomic mass is 10.2. The monoisotopic (exact) mass is 417 g/mol. The van der Waals surface area contributed by atoms with Crippen LogP contribution in [-0.2, 0) is 0 Å². The molecule has 1 fully saturated rings. The van der Waals surface area contributed by atoms with Gasteiger partial charge in [0, 0.05) is 26.2 Å². The Bertz CT molecular complexity index is 1190. The lowest BCUT2D eigenvalue weighted by Gasteiger charge is -2.37. The van der Waals surface area contributed by atoms with Gasteiger partial charge in [-0.1, -0.05) is 18.2 Å². The van der Waals surface area contributed by atoms with Crippen LogP contribution in [0.3, 0.4) is 0 Å². The smallest absolute Gasteiger partial charge is 0.168 e. The summed E-state index contributed by atoms with van der Waals surface area (Å²) in [5, 5.41) is 14.7. The first-order chi connectivity index (χ1) is 15.3. The van der Waals surface area contributed by atoms with Crippen LogP contribution in [0, 0.1) is 0 Å². The van der Waals surface area contributed by atoms with Gasteiger partial charge in [-0.2, -0.15) is 5.10 Å². The van der Waals surface area contributed by atoms with Crippen molar-refractivity contribution in [2.45, 2.75) is 0 Å². The predicted octanol–water partition coefficient (Wildman–Crippen LogP) is 2.95. The van der Waals surface area contributed by atoms with Crippen LogP contribution < -0.4 is 20.0 Å². The van der Waals surface area contributed by atoms with Crippen LogP contribution in [0.4, 0.5) is 17.2 Å². The highest BCUT2D eigenvalue weighted by Gasteiger charge is 2.23. The van der Waals surface area contributed by atoms with Gasteiger partial charge in [-0.3, -0.25) is 10.7 Å². The van der Waals surface area contributed by atoms with Crippen molar-refractivity contribution < 1.29 is 9.94 Å². The van der Waals surface area contributed by atoms with E-state index in [2.05, 4.69) is 30.3 Å². The third-order valence-corrected chi connectivity index (χ3v) is 5.57. The van der Waals surface area contributed by atoms with Gasteiger partial charge in [0.1, 0.15) is 17.9 Å². The minimum Gasteiger partial charge on any atom is -0.495 e. The third-order valence-electron chi connectivity index (χ3n) is 5.57. The van der Waals surface area contributed by atoms with E-state index in [1.807, 2.05) is 53.3 Å². The molecule has 158 valence electrons. The molecule has 9 heteroatoms. The molecule has 0 bridgehead atoms. The highest BCUT2D eigenvalue weighted by molar-refractivity contribution is 5.87. The zero-order valence-corrected chi connectivity index (χ0v) is 17.1. The van der Waals surface area contributed by atoms with E-state index in [0.29, 0.717) is 5.69 Å². The van der Waals surface area contributed by atoms with Crippen LogP contribution in [-0.4, -0.2) is 58.2 Å². The zero-order valence-electron chi connectivity index (χ0n) is 17.1. The number of hydrogen-bond donors (Lipinski definition) is 2. The molecule has 0 aliphatic carbocycles. The fraction of sp³-hybridized carbons (Fsp3) is 0.227. The Labute approximate surface area is 179 Å². The number of anilines is 3. The molecule has 0 spiro atoms. The van der Waals surface area contributed by atoms with Crippen molar-refractivity contribution in [3.63, 3.8) is 0 Å². The van der Waals surface area contributed by atoms with Crippen LogP contribution in [0.15, 0.2) is 61.1 Å². The van der Waals surface area contributed by atoms with Gasteiger partial charge >= 0.3 is 0 Å². The largest absolute Gasteiger partial charge is 0.495 e. The highest BCUT2D eigenvalue weighted by atomic mass is 16.5. The second-order valence-electron chi connectivity index (χ2n) is 7.30. The zero-order chi connectivity index (χ0) is 21.2. The fourth-order valence-corrected chi connectivity index (χ4v) is 4.01. The second kappa shape index (κ2) is 8.11. The number of ether oxygens (including phenoxy) is 1. The summed E-state index contributed by atoms with van der Waals surface area (Å²) >= 11 is 0. The van der Waals surface area contributed by atoms with Crippen LogP contribution in [0.5, 0.6) is 5.75 Å². The topological polar surface area (TPSA) is 91.6 Å². The molecule has 2 aromatic carbocycles. The van der Waals surface area contributed by atoms with Gasteiger partial charge < -0.3 is 14.5 Å². The van der Waals surface area contributed by atoms with Crippen molar-refractivity contribution in [2.24, 2.45) is 0 Å². The van der Waals surface area contributed by atoms with Gasteiger partial charge in [-0.25, -0.2) is 14.6 Å². The number of piperazine rings is 1. The molecular weight excluding hydrogens is 394 g/mol. The lowest BCUT2D eigenvalue weighted by Crippen LogP contribution is -2.47. The van der Waals surface area contributed by atoms with Crippen molar-refractivity contribution in [1.29, 1.82) is 0 Å². The van der Waals surface area contributed by atoms with E-state index in [0.717, 1.165) is 60.2 Å². The number of hydrogen-bond acceptors (Lipinski definition) is 8. The molecule has 5 rings (SSSR count). The predicted molar refractivity (Wildman–Crippen MR) is 119 cm³/mol. The van der Waals surface area contributed by atoms with E-state index in [9.17, 15) is 5.21 Å². The molecule has 2 N–H and O–H groups in total. The number of para-hydroxylation sites is 1. The number of methoxy groups -OCH3 is 1. The van der Waals surface area contributed by atoms with Crippen molar-refractivity contribution >= 4 is 28.2 Å². The van der Waals surface area contributed by atoms with Gasteiger partial charge in [0.2, 0.25) is 0 Å². The van der Waals surface area contributed by atoms with Gasteiger partial charge in [-0.15, -0.1) is 0 Å². The first-order valence-electron chi connectivity index (χ1n) is 10.1. The summed E-state index contributed by atoms with van der Waals surface area (Å²) in [5.74, 6) is 1.67. The van der Waals surface area contributed by atoms with Crippen LogP contribution in [0.1, 0.15) is 0 Å². The van der Waals surface area contributed by atoms with Gasteiger partial charge in [0.15, 0.2) is 5.65 Å². The highest BCUT2D eigenvalue weighted by Crippen LogP contribution is 2.33. The Morgan fingerprint density at radius 2 is 1.74 bits per heavy atom. The molecule has 9 nitrogen and oxygen atoms in total. The molecule has 3 heterocycles. The third kappa shape index (κ3) is 3.49. The number of fused-ring (bicyclic) bond motifs is 1. The number of benzene rings is 2.